The van der Waals surface area contributed by atoms with E-state index in [4.69, 9.17) is 15.5 Å². The summed E-state index contributed by atoms with van der Waals surface area (Å²) in [6.45, 7) is 2.98. The lowest BCUT2D eigenvalue weighted by molar-refractivity contribution is 0.100. The number of morpholine rings is 1. The second-order valence-corrected chi connectivity index (χ2v) is 6.05. The zero-order valence-corrected chi connectivity index (χ0v) is 15.4. The first kappa shape index (κ1) is 18.9. The van der Waals surface area contributed by atoms with Crippen LogP contribution < -0.4 is 16.0 Å². The Balaban J connectivity index is 0.00000210. The summed E-state index contributed by atoms with van der Waals surface area (Å²) in [5.74, 6) is 0.959. The van der Waals surface area contributed by atoms with Crippen LogP contribution in [0.3, 0.4) is 0 Å². The molecule has 7 nitrogen and oxygen atoms in total. The number of nitrogens with one attached hydrogen (secondary N) is 1. The van der Waals surface area contributed by atoms with Gasteiger partial charge in [0.1, 0.15) is 5.82 Å². The van der Waals surface area contributed by atoms with Crippen LogP contribution >= 0.6 is 12.4 Å². The highest BCUT2D eigenvalue weighted by Crippen LogP contribution is 2.27. The molecule has 1 amide bonds. The first-order valence-electron chi connectivity index (χ1n) is 8.47. The van der Waals surface area contributed by atoms with E-state index < -0.39 is 5.91 Å². The predicted molar refractivity (Wildman–Crippen MR) is 108 cm³/mol. The van der Waals surface area contributed by atoms with E-state index in [2.05, 4.69) is 15.2 Å². The summed E-state index contributed by atoms with van der Waals surface area (Å²) in [6.07, 6.45) is 0. The molecule has 2 aromatic carbocycles. The van der Waals surface area contributed by atoms with Gasteiger partial charge in [-0.1, -0.05) is 12.1 Å². The number of anilines is 3. The minimum absolute atomic E-state index is 0. The zero-order chi connectivity index (χ0) is 17.9. The number of amides is 1. The Labute approximate surface area is 163 Å². The summed E-state index contributed by atoms with van der Waals surface area (Å²) in [6, 6.07) is 14.9. The second-order valence-electron chi connectivity index (χ2n) is 6.05. The Morgan fingerprint density at radius 2 is 1.74 bits per heavy atom. The number of fused-ring (bicyclic) bond motifs is 1. The Morgan fingerprint density at radius 1 is 1.04 bits per heavy atom. The molecule has 1 saturated heterocycles. The number of nitrogens with zero attached hydrogens (tertiary/aromatic N) is 3. The minimum Gasteiger partial charge on any atom is -0.378 e. The Bertz CT molecular complexity index is 942. The molecule has 4 rings (SSSR count). The van der Waals surface area contributed by atoms with Gasteiger partial charge in [0, 0.05) is 29.7 Å². The SMILES string of the molecule is Cl.NC(=O)c1ccc(Nc2nc(N3CCOCC3)c3ccccc3n2)cc1. The molecule has 27 heavy (non-hydrogen) atoms. The van der Waals surface area contributed by atoms with Gasteiger partial charge in [-0.2, -0.15) is 4.98 Å². The minimum atomic E-state index is -0.451. The molecule has 2 heterocycles. The van der Waals surface area contributed by atoms with Crippen molar-refractivity contribution in [2.75, 3.05) is 36.5 Å². The van der Waals surface area contributed by atoms with Crippen molar-refractivity contribution in [2.24, 2.45) is 5.73 Å². The third-order valence-corrected chi connectivity index (χ3v) is 4.32. The molecule has 3 N–H and O–H groups in total. The van der Waals surface area contributed by atoms with E-state index in [9.17, 15) is 4.79 Å². The standard InChI is InChI=1S/C19H19N5O2.ClH/c20-17(25)13-5-7-14(8-6-13)21-19-22-16-4-2-1-3-15(16)18(23-19)24-9-11-26-12-10-24;/h1-8H,9-12H2,(H2,20,25)(H,21,22,23);1H. The molecule has 0 atom stereocenters. The summed E-state index contributed by atoms with van der Waals surface area (Å²) in [5.41, 5.74) is 7.41. The van der Waals surface area contributed by atoms with E-state index in [-0.39, 0.29) is 12.4 Å². The summed E-state index contributed by atoms with van der Waals surface area (Å²) in [5, 5.41) is 4.23. The van der Waals surface area contributed by atoms with Crippen LogP contribution in [0.4, 0.5) is 17.5 Å². The molecular formula is C19H20ClN5O2. The van der Waals surface area contributed by atoms with Crippen LogP contribution in [0.5, 0.6) is 0 Å². The molecule has 8 heteroatoms. The number of para-hydroxylation sites is 1. The average Bonchev–Trinajstić information content (AvgIpc) is 2.68. The number of carbonyl (C=O) groups is 1. The number of primary amides is 1. The fourth-order valence-electron chi connectivity index (χ4n) is 2.98. The summed E-state index contributed by atoms with van der Waals surface area (Å²) in [7, 11) is 0. The van der Waals surface area contributed by atoms with Crippen molar-refractivity contribution in [1.82, 2.24) is 9.97 Å². The van der Waals surface area contributed by atoms with Crippen molar-refractivity contribution in [3.8, 4) is 0 Å². The topological polar surface area (TPSA) is 93.4 Å². The number of aromatic nitrogens is 2. The highest BCUT2D eigenvalue weighted by molar-refractivity contribution is 5.93. The molecule has 1 aliphatic rings. The Kier molecular flexibility index (Phi) is 5.73. The monoisotopic (exact) mass is 385 g/mol. The first-order valence-corrected chi connectivity index (χ1v) is 8.47. The fraction of sp³-hybridized carbons (Fsp3) is 0.211. The van der Waals surface area contributed by atoms with E-state index in [0.717, 1.165) is 35.5 Å². The molecule has 1 fully saturated rings. The van der Waals surface area contributed by atoms with Crippen LogP contribution in [0.25, 0.3) is 10.9 Å². The van der Waals surface area contributed by atoms with Crippen LogP contribution in [-0.2, 0) is 4.74 Å². The highest BCUT2D eigenvalue weighted by atomic mass is 35.5. The van der Waals surface area contributed by atoms with Crippen LogP contribution in [0.15, 0.2) is 48.5 Å². The molecule has 140 valence electrons. The third kappa shape index (κ3) is 4.10. The number of nitrogens with two attached hydrogens (primary N) is 1. The third-order valence-electron chi connectivity index (χ3n) is 4.32. The molecular weight excluding hydrogens is 366 g/mol. The predicted octanol–water partition coefficient (Wildman–Crippen LogP) is 2.73. The molecule has 3 aromatic rings. The lowest BCUT2D eigenvalue weighted by Crippen LogP contribution is -2.37. The fourth-order valence-corrected chi connectivity index (χ4v) is 2.98. The van der Waals surface area contributed by atoms with Gasteiger partial charge in [-0.25, -0.2) is 4.98 Å². The smallest absolute Gasteiger partial charge is 0.248 e. The van der Waals surface area contributed by atoms with Crippen molar-refractivity contribution in [3.05, 3.63) is 54.1 Å². The first-order chi connectivity index (χ1) is 12.7. The molecule has 0 saturated carbocycles. The van der Waals surface area contributed by atoms with Crippen LogP contribution in [0.1, 0.15) is 10.4 Å². The van der Waals surface area contributed by atoms with Crippen molar-refractivity contribution in [2.45, 2.75) is 0 Å². The van der Waals surface area contributed by atoms with Crippen LogP contribution in [0.2, 0.25) is 0 Å². The summed E-state index contributed by atoms with van der Waals surface area (Å²) in [4.78, 5) is 22.8. The molecule has 0 radical (unpaired) electrons. The Morgan fingerprint density at radius 3 is 2.44 bits per heavy atom. The van der Waals surface area contributed by atoms with Crippen molar-refractivity contribution in [1.29, 1.82) is 0 Å². The quantitative estimate of drug-likeness (QED) is 0.717. The number of ether oxygens (including phenoxy) is 1. The average molecular weight is 386 g/mol. The van der Waals surface area contributed by atoms with Gasteiger partial charge in [-0.05, 0) is 36.4 Å². The molecule has 1 aliphatic heterocycles. The number of hydrogen-bond donors (Lipinski definition) is 2. The van der Waals surface area contributed by atoms with Gasteiger partial charge in [-0.15, -0.1) is 12.4 Å². The lowest BCUT2D eigenvalue weighted by Gasteiger charge is -2.29. The van der Waals surface area contributed by atoms with E-state index in [1.165, 1.54) is 0 Å². The molecule has 0 bridgehead atoms. The van der Waals surface area contributed by atoms with Gasteiger partial charge < -0.3 is 20.7 Å². The molecule has 0 unspecified atom stereocenters. The number of carbonyl (C=O) groups excluding carboxylic acids is 1. The van der Waals surface area contributed by atoms with Crippen molar-refractivity contribution >= 4 is 46.7 Å². The molecule has 0 aliphatic carbocycles. The number of halogens is 1. The van der Waals surface area contributed by atoms with E-state index in [1.807, 2.05) is 24.3 Å². The van der Waals surface area contributed by atoms with Gasteiger partial charge >= 0.3 is 0 Å². The van der Waals surface area contributed by atoms with Crippen LogP contribution in [0, 0.1) is 0 Å². The van der Waals surface area contributed by atoms with E-state index in [0.29, 0.717) is 24.7 Å². The Hall–Kier alpha value is -2.90. The number of hydrogen-bond acceptors (Lipinski definition) is 6. The zero-order valence-electron chi connectivity index (χ0n) is 14.6. The number of benzene rings is 2. The molecule has 1 aromatic heterocycles. The maximum atomic E-state index is 11.2. The van der Waals surface area contributed by atoms with E-state index >= 15 is 0 Å². The summed E-state index contributed by atoms with van der Waals surface area (Å²) >= 11 is 0. The van der Waals surface area contributed by atoms with Crippen molar-refractivity contribution < 1.29 is 9.53 Å². The van der Waals surface area contributed by atoms with Gasteiger partial charge in [0.05, 0.1) is 18.7 Å². The van der Waals surface area contributed by atoms with E-state index in [1.54, 1.807) is 24.3 Å². The lowest BCUT2D eigenvalue weighted by atomic mass is 10.2. The summed E-state index contributed by atoms with van der Waals surface area (Å²) < 4.78 is 5.45. The van der Waals surface area contributed by atoms with Crippen molar-refractivity contribution in [3.63, 3.8) is 0 Å². The molecule has 0 spiro atoms. The maximum absolute atomic E-state index is 11.2. The normalized spacial score (nSPS) is 13.9. The van der Waals surface area contributed by atoms with Gasteiger partial charge in [0.15, 0.2) is 0 Å². The maximum Gasteiger partial charge on any atom is 0.248 e. The second kappa shape index (κ2) is 8.20. The number of rotatable bonds is 4. The van der Waals surface area contributed by atoms with Gasteiger partial charge in [0.2, 0.25) is 11.9 Å². The van der Waals surface area contributed by atoms with Gasteiger partial charge in [-0.3, -0.25) is 4.79 Å². The largest absolute Gasteiger partial charge is 0.378 e. The highest BCUT2D eigenvalue weighted by Gasteiger charge is 2.17. The van der Waals surface area contributed by atoms with Gasteiger partial charge in [0.25, 0.3) is 0 Å². The van der Waals surface area contributed by atoms with Crippen LogP contribution in [-0.4, -0.2) is 42.2 Å².